The topological polar surface area (TPSA) is 138 Å². The number of hydrogen-bond donors (Lipinski definition) is 2. The Labute approximate surface area is 157 Å². The zero-order valence-corrected chi connectivity index (χ0v) is 14.8. The van der Waals surface area contributed by atoms with E-state index in [1.807, 2.05) is 18.2 Å². The lowest BCUT2D eigenvalue weighted by Crippen LogP contribution is -2.87. The second-order valence-corrected chi connectivity index (χ2v) is 6.67. The SMILES string of the molecule is COC(=O)c1ccc([C@@H]2[C@H]3C[NH2+]CC=C3[C@@H](C#N)C(=N)C2(C#N)C#N)cc1. The van der Waals surface area contributed by atoms with Crippen molar-refractivity contribution in [1.82, 2.24) is 0 Å². The highest BCUT2D eigenvalue weighted by Crippen LogP contribution is 2.52. The van der Waals surface area contributed by atoms with Gasteiger partial charge < -0.3 is 15.5 Å². The summed E-state index contributed by atoms with van der Waals surface area (Å²) >= 11 is 0. The quantitative estimate of drug-likeness (QED) is 0.595. The Hall–Kier alpha value is -3.47. The van der Waals surface area contributed by atoms with Crippen LogP contribution in [0.4, 0.5) is 0 Å². The third-order valence-corrected chi connectivity index (χ3v) is 5.46. The van der Waals surface area contributed by atoms with Crippen molar-refractivity contribution < 1.29 is 14.8 Å². The summed E-state index contributed by atoms with van der Waals surface area (Å²) in [6.07, 6.45) is 1.94. The fourth-order valence-corrected chi connectivity index (χ4v) is 4.16. The Morgan fingerprint density at radius 3 is 2.48 bits per heavy atom. The third kappa shape index (κ3) is 2.68. The van der Waals surface area contributed by atoms with Crippen LogP contribution in [0.25, 0.3) is 0 Å². The number of rotatable bonds is 2. The van der Waals surface area contributed by atoms with Crippen LogP contribution in [-0.4, -0.2) is 31.9 Å². The number of esters is 1. The highest BCUT2D eigenvalue weighted by molar-refractivity contribution is 6.00. The second kappa shape index (κ2) is 7.03. The maximum absolute atomic E-state index is 11.7. The average molecular weight is 360 g/mol. The van der Waals surface area contributed by atoms with Gasteiger partial charge in [0.2, 0.25) is 0 Å². The molecule has 0 spiro atoms. The van der Waals surface area contributed by atoms with Gasteiger partial charge in [0, 0.05) is 11.8 Å². The summed E-state index contributed by atoms with van der Waals surface area (Å²) in [6, 6.07) is 12.8. The molecule has 1 aromatic carbocycles. The number of ether oxygens (including phenoxy) is 1. The van der Waals surface area contributed by atoms with Gasteiger partial charge in [-0.2, -0.15) is 15.8 Å². The molecule has 0 bridgehead atoms. The van der Waals surface area contributed by atoms with E-state index in [1.54, 1.807) is 24.3 Å². The van der Waals surface area contributed by atoms with Crippen LogP contribution in [0.3, 0.4) is 0 Å². The normalized spacial score (nSPS) is 25.8. The van der Waals surface area contributed by atoms with Crippen LogP contribution in [0.2, 0.25) is 0 Å². The Morgan fingerprint density at radius 2 is 1.93 bits per heavy atom. The number of methoxy groups -OCH3 is 1. The lowest BCUT2D eigenvalue weighted by atomic mass is 9.54. The molecule has 7 heteroatoms. The van der Waals surface area contributed by atoms with Crippen molar-refractivity contribution in [3.05, 3.63) is 47.0 Å². The molecule has 1 heterocycles. The number of fused-ring (bicyclic) bond motifs is 1. The smallest absolute Gasteiger partial charge is 0.337 e. The molecule has 3 rings (SSSR count). The minimum atomic E-state index is -1.72. The zero-order chi connectivity index (χ0) is 19.6. The third-order valence-electron chi connectivity index (χ3n) is 5.46. The van der Waals surface area contributed by atoms with Crippen molar-refractivity contribution in [2.24, 2.45) is 17.3 Å². The van der Waals surface area contributed by atoms with E-state index in [0.717, 1.165) is 5.57 Å². The van der Waals surface area contributed by atoms with Crippen molar-refractivity contribution in [2.75, 3.05) is 20.2 Å². The van der Waals surface area contributed by atoms with Gasteiger partial charge in [0.25, 0.3) is 0 Å². The van der Waals surface area contributed by atoms with Crippen LogP contribution >= 0.6 is 0 Å². The lowest BCUT2D eigenvalue weighted by Gasteiger charge is -2.44. The molecule has 0 saturated heterocycles. The van der Waals surface area contributed by atoms with Gasteiger partial charge >= 0.3 is 5.97 Å². The molecule has 1 aromatic rings. The molecule has 0 amide bonds. The number of benzene rings is 1. The standard InChI is InChI=1S/C20H17N5O2/c1-27-19(26)13-4-2-12(3-5-13)17-16-9-25-7-6-14(16)15(8-21)18(24)20(17,10-22)11-23/h2-6,15-17,24-25H,7,9H2,1H3/p+1/t15-,16+,17-/m1/s1. The molecular formula is C20H18N5O2+. The van der Waals surface area contributed by atoms with Crippen LogP contribution in [0.15, 0.2) is 35.9 Å². The lowest BCUT2D eigenvalue weighted by molar-refractivity contribution is -0.654. The van der Waals surface area contributed by atoms with Gasteiger partial charge in [-0.3, -0.25) is 0 Å². The predicted molar refractivity (Wildman–Crippen MR) is 94.2 cm³/mol. The van der Waals surface area contributed by atoms with Gasteiger partial charge in [0.05, 0.1) is 49.7 Å². The first kappa shape index (κ1) is 18.3. The van der Waals surface area contributed by atoms with Gasteiger partial charge in [-0.25, -0.2) is 4.79 Å². The molecule has 0 aromatic heterocycles. The average Bonchev–Trinajstić information content (AvgIpc) is 2.72. The number of nitriles is 3. The first-order valence-corrected chi connectivity index (χ1v) is 8.55. The minimum absolute atomic E-state index is 0.165. The van der Waals surface area contributed by atoms with Crippen LogP contribution < -0.4 is 5.32 Å². The zero-order valence-electron chi connectivity index (χ0n) is 14.8. The molecular weight excluding hydrogens is 342 g/mol. The Bertz CT molecular complexity index is 929. The van der Waals surface area contributed by atoms with E-state index < -0.39 is 23.2 Å². The largest absolute Gasteiger partial charge is 0.465 e. The van der Waals surface area contributed by atoms with Crippen molar-refractivity contribution in [2.45, 2.75) is 5.92 Å². The fourth-order valence-electron chi connectivity index (χ4n) is 4.16. The first-order valence-electron chi connectivity index (χ1n) is 8.55. The molecule has 3 atom stereocenters. The number of nitrogens with two attached hydrogens (primary N) is 1. The molecule has 1 aliphatic carbocycles. The fraction of sp³-hybridized carbons (Fsp3) is 0.350. The molecule has 1 saturated carbocycles. The highest BCUT2D eigenvalue weighted by atomic mass is 16.5. The van der Waals surface area contributed by atoms with E-state index in [1.165, 1.54) is 7.11 Å². The summed E-state index contributed by atoms with van der Waals surface area (Å²) in [7, 11) is 1.30. The molecule has 2 aliphatic rings. The predicted octanol–water partition coefficient (Wildman–Crippen LogP) is 0.883. The van der Waals surface area contributed by atoms with Gasteiger partial charge in [-0.1, -0.05) is 12.1 Å². The number of carbonyl (C=O) groups excluding carboxylic acids is 1. The number of hydrogen-bond acceptors (Lipinski definition) is 6. The maximum Gasteiger partial charge on any atom is 0.337 e. The number of quaternary nitrogens is 1. The molecule has 134 valence electrons. The van der Waals surface area contributed by atoms with Gasteiger partial charge in [0.1, 0.15) is 5.92 Å². The molecule has 7 nitrogen and oxygen atoms in total. The van der Waals surface area contributed by atoms with E-state index in [0.29, 0.717) is 24.2 Å². The van der Waals surface area contributed by atoms with Crippen molar-refractivity contribution in [1.29, 1.82) is 21.2 Å². The Balaban J connectivity index is 2.17. The van der Waals surface area contributed by atoms with E-state index in [4.69, 9.17) is 10.1 Å². The summed E-state index contributed by atoms with van der Waals surface area (Å²) in [5, 5.41) is 40.0. The van der Waals surface area contributed by atoms with Crippen molar-refractivity contribution in [3.63, 3.8) is 0 Å². The van der Waals surface area contributed by atoms with E-state index >= 15 is 0 Å². The number of carbonyl (C=O) groups is 1. The second-order valence-electron chi connectivity index (χ2n) is 6.67. The van der Waals surface area contributed by atoms with Crippen LogP contribution in [0.1, 0.15) is 21.8 Å². The van der Waals surface area contributed by atoms with Crippen LogP contribution in [0.5, 0.6) is 0 Å². The minimum Gasteiger partial charge on any atom is -0.465 e. The van der Waals surface area contributed by atoms with E-state index in [2.05, 4.69) is 11.4 Å². The van der Waals surface area contributed by atoms with E-state index in [-0.39, 0.29) is 11.6 Å². The van der Waals surface area contributed by atoms with Gasteiger partial charge in [-0.05, 0) is 29.3 Å². The summed E-state index contributed by atoms with van der Waals surface area (Å²) in [5.74, 6) is -2.12. The van der Waals surface area contributed by atoms with Crippen molar-refractivity contribution in [3.8, 4) is 18.2 Å². The maximum atomic E-state index is 11.7. The summed E-state index contributed by atoms with van der Waals surface area (Å²) in [6.45, 7) is 1.34. The summed E-state index contributed by atoms with van der Waals surface area (Å²) in [5.41, 5.74) is -0.0133. The monoisotopic (exact) mass is 360 g/mol. The number of nitrogens with zero attached hydrogens (tertiary/aromatic N) is 3. The molecule has 3 N–H and O–H groups in total. The Morgan fingerprint density at radius 1 is 1.26 bits per heavy atom. The van der Waals surface area contributed by atoms with Crippen LogP contribution in [-0.2, 0) is 4.74 Å². The van der Waals surface area contributed by atoms with Gasteiger partial charge in [-0.15, -0.1) is 0 Å². The van der Waals surface area contributed by atoms with Crippen LogP contribution in [0, 0.1) is 56.7 Å². The first-order chi connectivity index (χ1) is 13.0. The molecule has 0 radical (unpaired) electrons. The van der Waals surface area contributed by atoms with Gasteiger partial charge in [0.15, 0.2) is 5.41 Å². The Kier molecular flexibility index (Phi) is 4.77. The molecule has 0 unspecified atom stereocenters. The summed E-state index contributed by atoms with van der Waals surface area (Å²) in [4.78, 5) is 11.7. The summed E-state index contributed by atoms with van der Waals surface area (Å²) < 4.78 is 4.71. The molecule has 1 fully saturated rings. The number of nitrogens with one attached hydrogen (secondary N) is 1. The molecule has 1 aliphatic heterocycles. The molecule has 27 heavy (non-hydrogen) atoms. The van der Waals surface area contributed by atoms with E-state index in [9.17, 15) is 20.6 Å². The van der Waals surface area contributed by atoms with Crippen molar-refractivity contribution >= 4 is 11.7 Å². The highest BCUT2D eigenvalue weighted by Gasteiger charge is 2.58.